The molecule has 0 atom stereocenters. The lowest BCUT2D eigenvalue weighted by molar-refractivity contribution is -0.139. The average molecular weight is 317 g/mol. The average Bonchev–Trinajstić information content (AvgIpc) is 2.39. The van der Waals surface area contributed by atoms with Crippen LogP contribution < -0.4 is 5.32 Å². The summed E-state index contributed by atoms with van der Waals surface area (Å²) in [6.07, 6.45) is -1.87. The molecule has 0 spiro atoms. The minimum Gasteiger partial charge on any atom is -0.480 e. The third kappa shape index (κ3) is 4.09. The lowest BCUT2D eigenvalue weighted by atomic mass is 9.85. The van der Waals surface area contributed by atoms with Crippen LogP contribution in [0.2, 0.25) is 0 Å². The number of carboxylic acids is 1. The van der Waals surface area contributed by atoms with Gasteiger partial charge in [-0.05, 0) is 31.5 Å². The van der Waals surface area contributed by atoms with Crippen LogP contribution in [-0.4, -0.2) is 46.1 Å². The second-order valence-electron chi connectivity index (χ2n) is 5.35. The number of rotatable bonds is 6. The van der Waals surface area contributed by atoms with Crippen molar-refractivity contribution in [3.8, 4) is 0 Å². The van der Waals surface area contributed by atoms with Gasteiger partial charge in [0, 0.05) is 18.3 Å². The number of aromatic nitrogens is 1. The maximum Gasteiger partial charge on any atom is 0.416 e. The number of likely N-dealkylation sites (N-methyl/N-ethyl adjacent to an activating group) is 1. The molecule has 2 N–H and O–H groups in total. The van der Waals surface area contributed by atoms with E-state index in [9.17, 15) is 18.0 Å². The van der Waals surface area contributed by atoms with E-state index in [-0.39, 0.29) is 24.4 Å². The molecule has 1 saturated carbocycles. The molecule has 5 nitrogen and oxygen atoms in total. The first-order chi connectivity index (χ1) is 10.3. The Morgan fingerprint density at radius 2 is 2.18 bits per heavy atom. The second-order valence-corrected chi connectivity index (χ2v) is 5.35. The van der Waals surface area contributed by atoms with Crippen molar-refractivity contribution in [1.82, 2.24) is 9.88 Å². The number of nitrogens with zero attached hydrogens (tertiary/aromatic N) is 2. The standard InChI is InChI=1S/C14H18F3N3O2/c1-2-20(8-13(21)22)11-6-10(7-11)19-12-5-9(3-4-18-12)14(15,16)17/h3-5,10-11H,2,6-8H2,1H3,(H,18,19)(H,21,22). The van der Waals surface area contributed by atoms with Gasteiger partial charge in [0.1, 0.15) is 5.82 Å². The highest BCUT2D eigenvalue weighted by Crippen LogP contribution is 2.32. The van der Waals surface area contributed by atoms with Gasteiger partial charge in [0.15, 0.2) is 0 Å². The molecule has 122 valence electrons. The van der Waals surface area contributed by atoms with Crippen molar-refractivity contribution in [3.63, 3.8) is 0 Å². The molecule has 0 amide bonds. The number of halogens is 3. The van der Waals surface area contributed by atoms with Crippen molar-refractivity contribution < 1.29 is 23.1 Å². The van der Waals surface area contributed by atoms with Crippen LogP contribution in [0.1, 0.15) is 25.3 Å². The first-order valence-electron chi connectivity index (χ1n) is 7.05. The maximum atomic E-state index is 12.6. The molecular weight excluding hydrogens is 299 g/mol. The Labute approximate surface area is 126 Å². The van der Waals surface area contributed by atoms with E-state index < -0.39 is 17.7 Å². The Kier molecular flexibility index (Phi) is 4.90. The monoisotopic (exact) mass is 317 g/mol. The molecular formula is C14H18F3N3O2. The normalized spacial score (nSPS) is 21.5. The first-order valence-corrected chi connectivity index (χ1v) is 7.05. The van der Waals surface area contributed by atoms with Gasteiger partial charge >= 0.3 is 12.1 Å². The largest absolute Gasteiger partial charge is 0.480 e. The Morgan fingerprint density at radius 1 is 1.50 bits per heavy atom. The van der Waals surface area contributed by atoms with Crippen LogP contribution in [0, 0.1) is 0 Å². The van der Waals surface area contributed by atoms with E-state index >= 15 is 0 Å². The van der Waals surface area contributed by atoms with Crippen LogP contribution in [0.4, 0.5) is 19.0 Å². The van der Waals surface area contributed by atoms with E-state index in [4.69, 9.17) is 5.11 Å². The summed E-state index contributed by atoms with van der Waals surface area (Å²) in [5.41, 5.74) is -0.734. The van der Waals surface area contributed by atoms with Crippen LogP contribution in [0.15, 0.2) is 18.3 Å². The predicted molar refractivity (Wildman–Crippen MR) is 74.6 cm³/mol. The van der Waals surface area contributed by atoms with Crippen LogP contribution in [0.5, 0.6) is 0 Å². The Hall–Kier alpha value is -1.83. The summed E-state index contributed by atoms with van der Waals surface area (Å²) < 4.78 is 37.9. The summed E-state index contributed by atoms with van der Waals surface area (Å²) in [5, 5.41) is 11.8. The Morgan fingerprint density at radius 3 is 2.73 bits per heavy atom. The highest BCUT2D eigenvalue weighted by atomic mass is 19.4. The number of hydrogen-bond acceptors (Lipinski definition) is 4. The van der Waals surface area contributed by atoms with Gasteiger partial charge in [-0.3, -0.25) is 9.69 Å². The van der Waals surface area contributed by atoms with Gasteiger partial charge < -0.3 is 10.4 Å². The molecule has 0 bridgehead atoms. The fraction of sp³-hybridized carbons (Fsp3) is 0.571. The molecule has 1 aliphatic rings. The molecule has 0 saturated heterocycles. The number of carboxylic acid groups (broad SMARTS) is 1. The van der Waals surface area contributed by atoms with Crippen molar-refractivity contribution in [3.05, 3.63) is 23.9 Å². The van der Waals surface area contributed by atoms with E-state index in [1.54, 1.807) is 0 Å². The van der Waals surface area contributed by atoms with Crippen molar-refractivity contribution in [2.24, 2.45) is 0 Å². The first kappa shape index (κ1) is 16.5. The van der Waals surface area contributed by atoms with Gasteiger partial charge in [0.2, 0.25) is 0 Å². The summed E-state index contributed by atoms with van der Waals surface area (Å²) >= 11 is 0. The number of alkyl halides is 3. The minimum atomic E-state index is -4.39. The highest BCUT2D eigenvalue weighted by Gasteiger charge is 2.35. The summed E-state index contributed by atoms with van der Waals surface area (Å²) in [6.45, 7) is 2.50. The molecule has 0 aliphatic heterocycles. The third-order valence-electron chi connectivity index (χ3n) is 3.81. The summed E-state index contributed by atoms with van der Waals surface area (Å²) in [7, 11) is 0. The maximum absolute atomic E-state index is 12.6. The predicted octanol–water partition coefficient (Wildman–Crippen LogP) is 2.45. The fourth-order valence-corrected chi connectivity index (χ4v) is 2.57. The zero-order chi connectivity index (χ0) is 16.3. The number of hydrogen-bond donors (Lipinski definition) is 2. The van der Waals surface area contributed by atoms with Gasteiger partial charge in [0.25, 0.3) is 0 Å². The SMILES string of the molecule is CCN(CC(=O)O)C1CC(Nc2cc(C(F)(F)F)ccn2)C1. The zero-order valence-electron chi connectivity index (χ0n) is 12.1. The quantitative estimate of drug-likeness (QED) is 0.844. The summed E-state index contributed by atoms with van der Waals surface area (Å²) in [6, 6.07) is 2.08. The van der Waals surface area contributed by atoms with Crippen molar-refractivity contribution in [1.29, 1.82) is 0 Å². The molecule has 1 aromatic heterocycles. The van der Waals surface area contributed by atoms with E-state index in [0.29, 0.717) is 19.4 Å². The van der Waals surface area contributed by atoms with Crippen LogP contribution >= 0.6 is 0 Å². The van der Waals surface area contributed by atoms with E-state index in [1.807, 2.05) is 11.8 Å². The van der Waals surface area contributed by atoms with Crippen molar-refractivity contribution in [2.75, 3.05) is 18.4 Å². The Balaban J connectivity index is 1.89. The minimum absolute atomic E-state index is 0.0174. The molecule has 0 aromatic carbocycles. The summed E-state index contributed by atoms with van der Waals surface area (Å²) in [4.78, 5) is 16.5. The number of nitrogens with one attached hydrogen (secondary N) is 1. The molecule has 8 heteroatoms. The highest BCUT2D eigenvalue weighted by molar-refractivity contribution is 5.69. The third-order valence-corrected chi connectivity index (χ3v) is 3.81. The van der Waals surface area contributed by atoms with Crippen molar-refractivity contribution >= 4 is 11.8 Å². The number of aliphatic carboxylic acids is 1. The zero-order valence-corrected chi connectivity index (χ0v) is 12.1. The molecule has 1 aromatic rings. The Bertz CT molecular complexity index is 530. The molecule has 1 aliphatic carbocycles. The van der Waals surface area contributed by atoms with Crippen LogP contribution in [0.25, 0.3) is 0 Å². The molecule has 2 rings (SSSR count). The topological polar surface area (TPSA) is 65.5 Å². The van der Waals surface area contributed by atoms with Gasteiger partial charge in [-0.15, -0.1) is 0 Å². The molecule has 22 heavy (non-hydrogen) atoms. The lowest BCUT2D eigenvalue weighted by Crippen LogP contribution is -2.51. The number of carbonyl (C=O) groups is 1. The fourth-order valence-electron chi connectivity index (χ4n) is 2.57. The molecule has 1 heterocycles. The molecule has 0 unspecified atom stereocenters. The molecule has 0 radical (unpaired) electrons. The van der Waals surface area contributed by atoms with Gasteiger partial charge in [0.05, 0.1) is 12.1 Å². The van der Waals surface area contributed by atoms with Crippen LogP contribution in [0.3, 0.4) is 0 Å². The van der Waals surface area contributed by atoms with Gasteiger partial charge in [-0.1, -0.05) is 6.92 Å². The van der Waals surface area contributed by atoms with Crippen molar-refractivity contribution in [2.45, 2.75) is 38.0 Å². The van der Waals surface area contributed by atoms with E-state index in [2.05, 4.69) is 10.3 Å². The number of pyridine rings is 1. The number of anilines is 1. The van der Waals surface area contributed by atoms with Gasteiger partial charge in [-0.2, -0.15) is 13.2 Å². The van der Waals surface area contributed by atoms with E-state index in [0.717, 1.165) is 18.3 Å². The van der Waals surface area contributed by atoms with Crippen LogP contribution in [-0.2, 0) is 11.0 Å². The summed E-state index contributed by atoms with van der Waals surface area (Å²) in [5.74, 6) is -0.683. The van der Waals surface area contributed by atoms with Gasteiger partial charge in [-0.25, -0.2) is 4.98 Å². The smallest absolute Gasteiger partial charge is 0.416 e. The lowest BCUT2D eigenvalue weighted by Gasteiger charge is -2.42. The van der Waals surface area contributed by atoms with E-state index in [1.165, 1.54) is 0 Å². The second kappa shape index (κ2) is 6.51. The molecule has 1 fully saturated rings.